The molecule has 1 fully saturated rings. The van der Waals surface area contributed by atoms with Crippen molar-refractivity contribution in [2.24, 2.45) is 0 Å². The van der Waals surface area contributed by atoms with Gasteiger partial charge in [0.15, 0.2) is 0 Å². The minimum atomic E-state index is -3.75. The molecule has 1 aliphatic heterocycles. The summed E-state index contributed by atoms with van der Waals surface area (Å²) in [7, 11) is -3.75. The number of nitrogens with zero attached hydrogens (tertiary/aromatic N) is 1. The van der Waals surface area contributed by atoms with Crippen molar-refractivity contribution in [2.45, 2.75) is 57.6 Å². The number of carbonyl (C=O) groups is 1. The molecule has 1 aromatic rings. The number of benzene rings is 1. The van der Waals surface area contributed by atoms with E-state index in [4.69, 9.17) is 6.42 Å². The lowest BCUT2D eigenvalue weighted by atomic mass is 9.93. The number of hydrogen-bond donors (Lipinski definition) is 2. The third kappa shape index (κ3) is 5.49. The molecular formula is C21H31N3O3S. The van der Waals surface area contributed by atoms with E-state index >= 15 is 0 Å². The van der Waals surface area contributed by atoms with Crippen LogP contribution in [0.2, 0.25) is 0 Å². The van der Waals surface area contributed by atoms with Gasteiger partial charge >= 0.3 is 6.03 Å². The SMILES string of the molecule is C#CCN1CCC(S(=O)(=O)NC(=O)Nc2c(C(C)C)cccc2C(C)C)CC1. The average molecular weight is 406 g/mol. The van der Waals surface area contributed by atoms with Gasteiger partial charge in [0.2, 0.25) is 10.0 Å². The van der Waals surface area contributed by atoms with Gasteiger partial charge in [-0.1, -0.05) is 51.8 Å². The molecule has 0 aromatic heterocycles. The maximum atomic E-state index is 12.7. The second-order valence-corrected chi connectivity index (χ2v) is 9.86. The molecule has 0 aliphatic carbocycles. The number of nitrogens with one attached hydrogen (secondary N) is 2. The summed E-state index contributed by atoms with van der Waals surface area (Å²) in [5, 5.41) is 2.21. The number of para-hydroxylation sites is 1. The second-order valence-electron chi connectivity index (χ2n) is 7.90. The van der Waals surface area contributed by atoms with E-state index in [1.807, 2.05) is 50.8 Å². The van der Waals surface area contributed by atoms with Crippen LogP contribution in [0.3, 0.4) is 0 Å². The highest BCUT2D eigenvalue weighted by Gasteiger charge is 2.31. The maximum Gasteiger partial charge on any atom is 0.332 e. The Balaban J connectivity index is 2.11. The Labute approximate surface area is 169 Å². The molecule has 2 amide bonds. The van der Waals surface area contributed by atoms with E-state index in [0.717, 1.165) is 11.1 Å². The Kier molecular flexibility index (Phi) is 7.50. The monoisotopic (exact) mass is 405 g/mol. The molecule has 7 heteroatoms. The number of urea groups is 1. The fourth-order valence-corrected chi connectivity index (χ4v) is 4.86. The number of amides is 2. The first-order chi connectivity index (χ1) is 13.2. The molecule has 1 saturated heterocycles. The van der Waals surface area contributed by atoms with Gasteiger partial charge in [0.1, 0.15) is 0 Å². The van der Waals surface area contributed by atoms with Crippen molar-refractivity contribution < 1.29 is 13.2 Å². The summed E-state index contributed by atoms with van der Waals surface area (Å²) in [6.07, 6.45) is 6.24. The van der Waals surface area contributed by atoms with E-state index in [0.29, 0.717) is 38.2 Å². The highest BCUT2D eigenvalue weighted by Crippen LogP contribution is 2.32. The third-order valence-corrected chi connectivity index (χ3v) is 6.95. The highest BCUT2D eigenvalue weighted by molar-refractivity contribution is 7.90. The lowest BCUT2D eigenvalue weighted by Gasteiger charge is -2.30. The van der Waals surface area contributed by atoms with Gasteiger partial charge in [-0.2, -0.15) is 0 Å². The summed E-state index contributed by atoms with van der Waals surface area (Å²) in [5.41, 5.74) is 2.67. The Bertz CT molecular complexity index is 807. The average Bonchev–Trinajstić information content (AvgIpc) is 2.61. The number of likely N-dealkylation sites (tertiary alicyclic amines) is 1. The third-order valence-electron chi connectivity index (χ3n) is 5.13. The van der Waals surface area contributed by atoms with Crippen LogP contribution in [-0.4, -0.2) is 44.2 Å². The van der Waals surface area contributed by atoms with Gasteiger partial charge in [0.25, 0.3) is 0 Å². The molecule has 0 spiro atoms. The molecule has 0 radical (unpaired) electrons. The molecule has 0 bridgehead atoms. The van der Waals surface area contributed by atoms with Gasteiger partial charge < -0.3 is 5.32 Å². The second kappa shape index (κ2) is 9.44. The molecule has 0 atom stereocenters. The van der Waals surface area contributed by atoms with Crippen LogP contribution >= 0.6 is 0 Å². The molecule has 1 heterocycles. The molecule has 2 rings (SSSR count). The number of sulfonamides is 1. The van der Waals surface area contributed by atoms with Crippen LogP contribution in [0.1, 0.15) is 63.5 Å². The van der Waals surface area contributed by atoms with Crippen molar-refractivity contribution in [3.8, 4) is 12.3 Å². The van der Waals surface area contributed by atoms with Crippen LogP contribution in [-0.2, 0) is 10.0 Å². The van der Waals surface area contributed by atoms with Crippen LogP contribution in [0, 0.1) is 12.3 Å². The zero-order chi connectivity index (χ0) is 20.9. The van der Waals surface area contributed by atoms with Crippen molar-refractivity contribution in [2.75, 3.05) is 25.0 Å². The molecular weight excluding hydrogens is 374 g/mol. The largest absolute Gasteiger partial charge is 0.332 e. The number of hydrogen-bond acceptors (Lipinski definition) is 4. The Hall–Kier alpha value is -2.04. The van der Waals surface area contributed by atoms with Crippen LogP contribution in [0.25, 0.3) is 0 Å². The topological polar surface area (TPSA) is 78.5 Å². The zero-order valence-electron chi connectivity index (χ0n) is 17.2. The summed E-state index contributed by atoms with van der Waals surface area (Å²) in [5.74, 6) is 2.98. The summed E-state index contributed by atoms with van der Waals surface area (Å²) in [6, 6.07) is 5.18. The van der Waals surface area contributed by atoms with E-state index in [1.165, 1.54) is 0 Å². The lowest BCUT2D eigenvalue weighted by Crippen LogP contribution is -2.46. The van der Waals surface area contributed by atoms with Crippen molar-refractivity contribution in [3.05, 3.63) is 29.3 Å². The van der Waals surface area contributed by atoms with Gasteiger partial charge in [-0.25, -0.2) is 17.9 Å². The van der Waals surface area contributed by atoms with Crippen molar-refractivity contribution in [3.63, 3.8) is 0 Å². The fourth-order valence-electron chi connectivity index (χ4n) is 3.55. The highest BCUT2D eigenvalue weighted by atomic mass is 32.2. The van der Waals surface area contributed by atoms with E-state index in [2.05, 4.69) is 16.0 Å². The molecule has 1 aromatic carbocycles. The van der Waals surface area contributed by atoms with Crippen molar-refractivity contribution in [1.82, 2.24) is 9.62 Å². The Morgan fingerprint density at radius 2 is 1.71 bits per heavy atom. The predicted molar refractivity (Wildman–Crippen MR) is 114 cm³/mol. The van der Waals surface area contributed by atoms with Gasteiger partial charge in [0, 0.05) is 18.8 Å². The molecule has 154 valence electrons. The van der Waals surface area contributed by atoms with Gasteiger partial charge in [-0.3, -0.25) is 4.90 Å². The summed E-state index contributed by atoms with van der Waals surface area (Å²) < 4.78 is 27.5. The minimum Gasteiger partial charge on any atom is -0.307 e. The van der Waals surface area contributed by atoms with E-state index in [1.54, 1.807) is 0 Å². The molecule has 0 unspecified atom stereocenters. The minimum absolute atomic E-state index is 0.200. The van der Waals surface area contributed by atoms with Gasteiger partial charge in [-0.05, 0) is 35.8 Å². The molecule has 0 saturated carbocycles. The van der Waals surface area contributed by atoms with Crippen LogP contribution in [0.4, 0.5) is 10.5 Å². The first-order valence-corrected chi connectivity index (χ1v) is 11.3. The number of anilines is 1. The fraction of sp³-hybridized carbons (Fsp3) is 0.571. The molecule has 1 aliphatic rings. The van der Waals surface area contributed by atoms with Crippen molar-refractivity contribution in [1.29, 1.82) is 0 Å². The predicted octanol–water partition coefficient (Wildman–Crippen LogP) is 3.48. The molecule has 6 nitrogen and oxygen atoms in total. The zero-order valence-corrected chi connectivity index (χ0v) is 18.0. The number of rotatable bonds is 6. The van der Waals surface area contributed by atoms with Crippen LogP contribution in [0.5, 0.6) is 0 Å². The van der Waals surface area contributed by atoms with Gasteiger partial charge in [-0.15, -0.1) is 6.42 Å². The van der Waals surface area contributed by atoms with Gasteiger partial charge in [0.05, 0.1) is 11.8 Å². The Morgan fingerprint density at radius 1 is 1.18 bits per heavy atom. The summed E-state index contributed by atoms with van der Waals surface area (Å²) in [6.45, 7) is 9.93. The lowest BCUT2D eigenvalue weighted by molar-refractivity contribution is 0.251. The standard InChI is InChI=1S/C21H31N3O3S/c1-6-12-24-13-10-17(11-14-24)28(26,27)23-21(25)22-20-18(15(2)3)8-7-9-19(20)16(4)5/h1,7-9,15-17H,10-14H2,2-5H3,(H2,22,23,25). The number of terminal acetylenes is 1. The quantitative estimate of drug-likeness (QED) is 0.710. The number of carbonyl (C=O) groups excluding carboxylic acids is 1. The van der Waals surface area contributed by atoms with Crippen LogP contribution in [0.15, 0.2) is 18.2 Å². The first-order valence-electron chi connectivity index (χ1n) is 9.77. The summed E-state index contributed by atoms with van der Waals surface area (Å²) >= 11 is 0. The first kappa shape index (κ1) is 22.3. The van der Waals surface area contributed by atoms with E-state index < -0.39 is 21.3 Å². The summed E-state index contributed by atoms with van der Waals surface area (Å²) in [4.78, 5) is 14.6. The Morgan fingerprint density at radius 3 is 2.18 bits per heavy atom. The maximum absolute atomic E-state index is 12.7. The van der Waals surface area contributed by atoms with E-state index in [-0.39, 0.29) is 11.8 Å². The smallest absolute Gasteiger partial charge is 0.307 e. The molecule has 2 N–H and O–H groups in total. The molecule has 28 heavy (non-hydrogen) atoms. The van der Waals surface area contributed by atoms with Crippen LogP contribution < -0.4 is 10.0 Å². The normalized spacial score (nSPS) is 16.2. The van der Waals surface area contributed by atoms with Crippen molar-refractivity contribution >= 4 is 21.7 Å². The van der Waals surface area contributed by atoms with E-state index in [9.17, 15) is 13.2 Å². The number of piperidine rings is 1.